The molecule has 0 bridgehead atoms. The minimum atomic E-state index is -4.86. The molecule has 9 nitrogen and oxygen atoms in total. The van der Waals surface area contributed by atoms with E-state index in [-0.39, 0.29) is 56.9 Å². The number of carbonyl (C=O) groups excluding carboxylic acids is 1. The largest absolute Gasteiger partial charge is 1.00 e. The Labute approximate surface area is 143 Å². The molecule has 0 atom stereocenters. The predicted octanol–water partition coefficient (Wildman–Crippen LogP) is -4.62. The average Bonchev–Trinajstić information content (AvgIpc) is 2.15. The molecule has 1 aromatic rings. The monoisotopic (exact) mass is 303 g/mol. The maximum absolute atomic E-state index is 10.8. The fraction of sp³-hybridized carbons (Fsp3) is 0. The minimum absolute atomic E-state index is 0. The molecule has 1 rings (SSSR count). The second kappa shape index (κ2) is 7.25. The fourth-order valence-electron chi connectivity index (χ4n) is 1.01. The van der Waals surface area contributed by atoms with Crippen molar-refractivity contribution < 1.29 is 84.7 Å². The standard InChI is InChI=1S/C7H5NO7S.K.H2O/c9-7(10)5-2-1-4(8(11)12)3-6(5)16(13,14)15;;/h1-3H,(H,9,10)(H,13,14,15);;1H2/q;+1;/p-1. The van der Waals surface area contributed by atoms with Crippen molar-refractivity contribution in [2.45, 2.75) is 4.90 Å². The number of nitrogens with zero attached hydrogens (tertiary/aromatic N) is 1. The Morgan fingerprint density at radius 2 is 1.83 bits per heavy atom. The van der Waals surface area contributed by atoms with E-state index < -0.39 is 37.2 Å². The first-order valence-corrected chi connectivity index (χ1v) is 5.15. The van der Waals surface area contributed by atoms with Gasteiger partial charge in [-0.25, -0.2) is 0 Å². The fourth-order valence-corrected chi connectivity index (χ4v) is 1.71. The van der Waals surface area contributed by atoms with Gasteiger partial charge >= 0.3 is 51.4 Å². The third kappa shape index (κ3) is 4.70. The summed E-state index contributed by atoms with van der Waals surface area (Å²) in [5.74, 6) is -1.86. The van der Waals surface area contributed by atoms with Gasteiger partial charge in [0.1, 0.15) is 4.90 Å². The van der Waals surface area contributed by atoms with E-state index in [0.717, 1.165) is 6.07 Å². The maximum atomic E-state index is 10.8. The van der Waals surface area contributed by atoms with Crippen LogP contribution in [0, 0.1) is 10.1 Å². The Balaban J connectivity index is 0. The van der Waals surface area contributed by atoms with Gasteiger partial charge in [-0.2, -0.15) is 8.42 Å². The van der Waals surface area contributed by atoms with Crippen molar-refractivity contribution in [3.8, 4) is 0 Å². The number of hydrogen-bond acceptors (Lipinski definition) is 6. The minimum Gasteiger partial charge on any atom is -0.545 e. The Morgan fingerprint density at radius 1 is 1.33 bits per heavy atom. The quantitative estimate of drug-likeness (QED) is 0.253. The zero-order chi connectivity index (χ0) is 12.5. The summed E-state index contributed by atoms with van der Waals surface area (Å²) in [7, 11) is -4.86. The summed E-state index contributed by atoms with van der Waals surface area (Å²) in [6, 6.07) is 1.91. The molecular formula is C7H6KNO8S. The van der Waals surface area contributed by atoms with E-state index in [0.29, 0.717) is 12.1 Å². The number of nitro benzene ring substituents is 1. The molecule has 11 heteroatoms. The van der Waals surface area contributed by atoms with Gasteiger partial charge in [0.2, 0.25) is 0 Å². The van der Waals surface area contributed by atoms with E-state index in [1.807, 2.05) is 0 Å². The van der Waals surface area contributed by atoms with Crippen molar-refractivity contribution >= 4 is 21.8 Å². The molecule has 0 radical (unpaired) electrons. The number of rotatable bonds is 3. The third-order valence-electron chi connectivity index (χ3n) is 1.67. The Bertz CT molecular complexity index is 569. The summed E-state index contributed by atoms with van der Waals surface area (Å²) in [6.07, 6.45) is 0. The number of aromatic carboxylic acids is 1. The smallest absolute Gasteiger partial charge is 0.545 e. The van der Waals surface area contributed by atoms with Crippen LogP contribution in [-0.4, -0.2) is 29.3 Å². The molecule has 0 aliphatic rings. The first kappa shape index (κ1) is 19.9. The molecule has 1 aromatic carbocycles. The number of benzene rings is 1. The topological polar surface area (TPSA) is 169 Å². The van der Waals surface area contributed by atoms with Gasteiger partial charge in [0.25, 0.3) is 15.8 Å². The van der Waals surface area contributed by atoms with E-state index >= 15 is 0 Å². The van der Waals surface area contributed by atoms with Crippen LogP contribution in [-0.2, 0) is 10.1 Å². The van der Waals surface area contributed by atoms with Crippen molar-refractivity contribution in [3.05, 3.63) is 33.9 Å². The Morgan fingerprint density at radius 3 is 2.17 bits per heavy atom. The molecule has 0 saturated carbocycles. The van der Waals surface area contributed by atoms with E-state index in [1.54, 1.807) is 0 Å². The van der Waals surface area contributed by atoms with Crippen molar-refractivity contribution in [2.75, 3.05) is 0 Å². The SMILES string of the molecule is O.O=C([O-])c1ccc([N+](=O)[O-])cc1S(=O)(=O)O.[K+]. The molecule has 0 unspecified atom stereocenters. The van der Waals surface area contributed by atoms with Crippen molar-refractivity contribution in [1.29, 1.82) is 0 Å². The zero-order valence-electron chi connectivity index (χ0n) is 8.98. The number of nitro groups is 1. The normalized spacial score (nSPS) is 9.83. The maximum Gasteiger partial charge on any atom is 1.00 e. The molecule has 0 spiro atoms. The van der Waals surface area contributed by atoms with Crippen LogP contribution in [0.4, 0.5) is 5.69 Å². The Kier molecular flexibility index (Phi) is 8.03. The predicted molar refractivity (Wildman–Crippen MR) is 50.9 cm³/mol. The summed E-state index contributed by atoms with van der Waals surface area (Å²) in [6.45, 7) is 0. The summed E-state index contributed by atoms with van der Waals surface area (Å²) in [5, 5.41) is 20.8. The average molecular weight is 303 g/mol. The van der Waals surface area contributed by atoms with Crippen molar-refractivity contribution in [1.82, 2.24) is 0 Å². The third-order valence-corrected chi connectivity index (χ3v) is 2.57. The second-order valence-electron chi connectivity index (χ2n) is 2.70. The number of hydrogen-bond donors (Lipinski definition) is 1. The molecule has 0 aromatic heterocycles. The van der Waals surface area contributed by atoms with Crippen LogP contribution < -0.4 is 56.5 Å². The van der Waals surface area contributed by atoms with Gasteiger partial charge < -0.3 is 15.4 Å². The van der Waals surface area contributed by atoms with Gasteiger partial charge in [0, 0.05) is 17.7 Å². The summed E-state index contributed by atoms with van der Waals surface area (Å²) >= 11 is 0. The molecular weight excluding hydrogens is 297 g/mol. The van der Waals surface area contributed by atoms with Crippen LogP contribution in [0.2, 0.25) is 0 Å². The molecule has 0 aliphatic heterocycles. The molecule has 0 amide bonds. The van der Waals surface area contributed by atoms with Crippen LogP contribution in [0.3, 0.4) is 0 Å². The molecule has 94 valence electrons. The first-order chi connectivity index (χ1) is 7.23. The van der Waals surface area contributed by atoms with Gasteiger partial charge in [0.05, 0.1) is 10.9 Å². The molecule has 0 fully saturated rings. The van der Waals surface area contributed by atoms with Gasteiger partial charge in [-0.15, -0.1) is 0 Å². The van der Waals surface area contributed by atoms with Crippen LogP contribution in [0.15, 0.2) is 23.1 Å². The molecule has 3 N–H and O–H groups in total. The zero-order valence-corrected chi connectivity index (χ0v) is 12.9. The number of carboxylic acid groups (broad SMARTS) is 1. The Hall–Kier alpha value is -0.404. The summed E-state index contributed by atoms with van der Waals surface area (Å²) in [5.41, 5.74) is -1.49. The van der Waals surface area contributed by atoms with E-state index in [9.17, 15) is 28.4 Å². The molecule has 0 saturated heterocycles. The van der Waals surface area contributed by atoms with Crippen LogP contribution >= 0.6 is 0 Å². The van der Waals surface area contributed by atoms with Crippen molar-refractivity contribution in [2.24, 2.45) is 0 Å². The number of carbonyl (C=O) groups is 1. The number of non-ortho nitro benzene ring substituents is 1. The van der Waals surface area contributed by atoms with E-state index in [2.05, 4.69) is 0 Å². The van der Waals surface area contributed by atoms with Crippen LogP contribution in [0.1, 0.15) is 10.4 Å². The van der Waals surface area contributed by atoms with Crippen LogP contribution in [0.25, 0.3) is 0 Å². The first-order valence-electron chi connectivity index (χ1n) is 3.71. The van der Waals surface area contributed by atoms with Crippen molar-refractivity contribution in [3.63, 3.8) is 0 Å². The number of carboxylic acids is 1. The molecule has 18 heavy (non-hydrogen) atoms. The molecule has 0 heterocycles. The van der Waals surface area contributed by atoms with Gasteiger partial charge in [0.15, 0.2) is 0 Å². The second-order valence-corrected chi connectivity index (χ2v) is 4.09. The van der Waals surface area contributed by atoms with E-state index in [4.69, 9.17) is 4.55 Å². The van der Waals surface area contributed by atoms with Gasteiger partial charge in [-0.05, 0) is 6.07 Å². The van der Waals surface area contributed by atoms with Gasteiger partial charge in [-0.3, -0.25) is 14.7 Å². The van der Waals surface area contributed by atoms with Gasteiger partial charge in [-0.1, -0.05) is 0 Å². The summed E-state index contributed by atoms with van der Waals surface area (Å²) in [4.78, 5) is 18.8. The van der Waals surface area contributed by atoms with E-state index in [1.165, 1.54) is 0 Å². The van der Waals surface area contributed by atoms with Crippen LogP contribution in [0.5, 0.6) is 0 Å². The summed E-state index contributed by atoms with van der Waals surface area (Å²) < 4.78 is 30.2. The molecule has 0 aliphatic carbocycles.